The molecule has 17 heavy (non-hydrogen) atoms. The first-order chi connectivity index (χ1) is 8.21. The van der Waals surface area contributed by atoms with E-state index >= 15 is 0 Å². The molecule has 0 aliphatic carbocycles. The molecule has 1 unspecified atom stereocenters. The lowest BCUT2D eigenvalue weighted by Crippen LogP contribution is -2.38. The Hall–Kier alpha value is -1.66. The largest absolute Gasteiger partial charge is 0.481 e. The number of H-pyrrole nitrogens is 1. The van der Waals surface area contributed by atoms with Crippen molar-refractivity contribution in [1.82, 2.24) is 15.0 Å². The summed E-state index contributed by atoms with van der Waals surface area (Å²) >= 11 is 0. The summed E-state index contributed by atoms with van der Waals surface area (Å²) in [5.74, 6) is 1.27. The average molecular weight is 234 g/mol. The van der Waals surface area contributed by atoms with E-state index in [-0.39, 0.29) is 0 Å². The van der Waals surface area contributed by atoms with Crippen LogP contribution in [0.15, 0.2) is 12.1 Å². The van der Waals surface area contributed by atoms with Crippen LogP contribution in [0, 0.1) is 0 Å². The summed E-state index contributed by atoms with van der Waals surface area (Å²) in [5, 5.41) is 0. The molecule has 3 rings (SSSR count). The van der Waals surface area contributed by atoms with Crippen molar-refractivity contribution in [2.45, 2.75) is 12.0 Å². The third-order valence-corrected chi connectivity index (χ3v) is 3.05. The van der Waals surface area contributed by atoms with Gasteiger partial charge in [0.2, 0.25) is 5.88 Å². The van der Waals surface area contributed by atoms with Crippen molar-refractivity contribution < 1.29 is 9.47 Å². The van der Waals surface area contributed by atoms with Crippen LogP contribution in [0.1, 0.15) is 12.2 Å². The van der Waals surface area contributed by atoms with Gasteiger partial charge in [0.05, 0.1) is 19.2 Å². The molecule has 0 spiro atoms. The maximum atomic E-state index is 6.24. The molecule has 3 heterocycles. The molecule has 0 bridgehead atoms. The summed E-state index contributed by atoms with van der Waals surface area (Å²) in [6, 6.07) is 3.68. The maximum absolute atomic E-state index is 6.24. The molecule has 0 aromatic carbocycles. The number of nitrogens with zero attached hydrogens (tertiary/aromatic N) is 2. The predicted molar refractivity (Wildman–Crippen MR) is 61.7 cm³/mol. The van der Waals surface area contributed by atoms with Gasteiger partial charge in [-0.3, -0.25) is 0 Å². The van der Waals surface area contributed by atoms with Gasteiger partial charge in [-0.15, -0.1) is 0 Å². The first-order valence-corrected chi connectivity index (χ1v) is 5.49. The lowest BCUT2D eigenvalue weighted by Gasteiger charge is -2.17. The Bertz CT molecular complexity index is 545. The van der Waals surface area contributed by atoms with Crippen LogP contribution in [0.25, 0.3) is 11.2 Å². The lowest BCUT2D eigenvalue weighted by atomic mass is 10.00. The van der Waals surface area contributed by atoms with Crippen LogP contribution in [-0.4, -0.2) is 35.3 Å². The van der Waals surface area contributed by atoms with E-state index < -0.39 is 5.54 Å². The summed E-state index contributed by atoms with van der Waals surface area (Å²) in [6.07, 6.45) is 0.768. The zero-order valence-electron chi connectivity index (χ0n) is 9.56. The van der Waals surface area contributed by atoms with E-state index in [1.165, 1.54) is 0 Å². The lowest BCUT2D eigenvalue weighted by molar-refractivity contribution is 0.176. The molecule has 0 radical (unpaired) electrons. The normalized spacial score (nSPS) is 24.4. The summed E-state index contributed by atoms with van der Waals surface area (Å²) < 4.78 is 10.4. The molecule has 1 saturated heterocycles. The van der Waals surface area contributed by atoms with Crippen LogP contribution in [0.4, 0.5) is 0 Å². The highest BCUT2D eigenvalue weighted by Crippen LogP contribution is 2.27. The first kappa shape index (κ1) is 10.5. The van der Waals surface area contributed by atoms with Gasteiger partial charge in [-0.2, -0.15) is 4.98 Å². The minimum absolute atomic E-state index is 0.490. The quantitative estimate of drug-likeness (QED) is 0.792. The van der Waals surface area contributed by atoms with Gasteiger partial charge < -0.3 is 20.2 Å². The molecule has 2 aromatic heterocycles. The smallest absolute Gasteiger partial charge is 0.215 e. The molecule has 90 valence electrons. The van der Waals surface area contributed by atoms with Crippen molar-refractivity contribution >= 4 is 11.2 Å². The number of ether oxygens (including phenoxy) is 2. The number of imidazole rings is 1. The molecule has 0 saturated carbocycles. The van der Waals surface area contributed by atoms with Crippen molar-refractivity contribution in [2.24, 2.45) is 5.73 Å². The zero-order valence-corrected chi connectivity index (χ0v) is 9.56. The average Bonchev–Trinajstić information content (AvgIpc) is 2.94. The van der Waals surface area contributed by atoms with E-state index in [2.05, 4.69) is 15.0 Å². The summed E-state index contributed by atoms with van der Waals surface area (Å²) in [6.45, 7) is 1.16. The van der Waals surface area contributed by atoms with Crippen LogP contribution < -0.4 is 10.5 Å². The van der Waals surface area contributed by atoms with Crippen LogP contribution in [0.2, 0.25) is 0 Å². The minimum Gasteiger partial charge on any atom is -0.481 e. The number of fused-ring (bicyclic) bond motifs is 1. The van der Waals surface area contributed by atoms with Crippen LogP contribution in [0.5, 0.6) is 5.88 Å². The van der Waals surface area contributed by atoms with E-state index in [4.69, 9.17) is 15.2 Å². The van der Waals surface area contributed by atoms with Gasteiger partial charge in [0.15, 0.2) is 5.65 Å². The highest BCUT2D eigenvalue weighted by molar-refractivity contribution is 5.71. The van der Waals surface area contributed by atoms with E-state index in [0.717, 1.165) is 17.8 Å². The predicted octanol–water partition coefficient (Wildman–Crippen LogP) is 0.541. The van der Waals surface area contributed by atoms with Gasteiger partial charge >= 0.3 is 0 Å². The molecule has 2 aromatic rings. The number of hydrogen-bond acceptors (Lipinski definition) is 5. The number of methoxy groups -OCH3 is 1. The number of pyridine rings is 1. The molecule has 6 heteroatoms. The molecule has 0 amide bonds. The van der Waals surface area contributed by atoms with Gasteiger partial charge in [-0.1, -0.05) is 0 Å². The third kappa shape index (κ3) is 1.65. The molecule has 1 atom stereocenters. The summed E-state index contributed by atoms with van der Waals surface area (Å²) in [7, 11) is 1.58. The Morgan fingerprint density at radius 1 is 1.47 bits per heavy atom. The van der Waals surface area contributed by atoms with Gasteiger partial charge in [0, 0.05) is 12.7 Å². The first-order valence-electron chi connectivity index (χ1n) is 5.49. The van der Waals surface area contributed by atoms with Crippen molar-refractivity contribution in [3.63, 3.8) is 0 Å². The van der Waals surface area contributed by atoms with Gasteiger partial charge in [-0.05, 0) is 12.5 Å². The number of rotatable bonds is 2. The van der Waals surface area contributed by atoms with Crippen molar-refractivity contribution in [3.8, 4) is 5.88 Å². The molecular formula is C11H14N4O2. The molecule has 1 fully saturated rings. The number of nitrogens with two attached hydrogens (primary N) is 1. The minimum atomic E-state index is -0.520. The topological polar surface area (TPSA) is 86.0 Å². The van der Waals surface area contributed by atoms with Crippen LogP contribution >= 0.6 is 0 Å². The fourth-order valence-electron chi connectivity index (χ4n) is 1.99. The monoisotopic (exact) mass is 234 g/mol. The van der Waals surface area contributed by atoms with Gasteiger partial charge in [0.1, 0.15) is 11.4 Å². The van der Waals surface area contributed by atoms with Crippen molar-refractivity contribution in [1.29, 1.82) is 0 Å². The second-order valence-corrected chi connectivity index (χ2v) is 4.27. The van der Waals surface area contributed by atoms with E-state index in [1.807, 2.05) is 6.07 Å². The summed E-state index contributed by atoms with van der Waals surface area (Å²) in [5.41, 5.74) is 7.20. The summed E-state index contributed by atoms with van der Waals surface area (Å²) in [4.78, 5) is 11.9. The Morgan fingerprint density at radius 3 is 3.06 bits per heavy atom. The fraction of sp³-hybridized carbons (Fsp3) is 0.455. The number of hydrogen-bond donors (Lipinski definition) is 2. The molecule has 3 N–H and O–H groups in total. The second-order valence-electron chi connectivity index (χ2n) is 4.27. The van der Waals surface area contributed by atoms with E-state index in [9.17, 15) is 0 Å². The molecule has 1 aliphatic rings. The van der Waals surface area contributed by atoms with Gasteiger partial charge in [-0.25, -0.2) is 4.98 Å². The Kier molecular flexibility index (Phi) is 2.27. The number of aromatic amines is 1. The fourth-order valence-corrected chi connectivity index (χ4v) is 1.99. The maximum Gasteiger partial charge on any atom is 0.215 e. The second kappa shape index (κ2) is 3.68. The molecular weight excluding hydrogens is 220 g/mol. The molecule has 6 nitrogen and oxygen atoms in total. The number of nitrogens with one attached hydrogen (secondary N) is 1. The van der Waals surface area contributed by atoms with Crippen LogP contribution in [0.3, 0.4) is 0 Å². The van der Waals surface area contributed by atoms with E-state index in [0.29, 0.717) is 24.7 Å². The SMILES string of the molecule is COc1ccc2[nH]c(C3(N)CCOC3)nc2n1. The Morgan fingerprint density at radius 2 is 2.35 bits per heavy atom. The van der Waals surface area contributed by atoms with Crippen molar-refractivity contribution in [2.75, 3.05) is 20.3 Å². The Labute approximate surface area is 98.1 Å². The Balaban J connectivity index is 2.07. The number of aromatic nitrogens is 3. The van der Waals surface area contributed by atoms with E-state index in [1.54, 1.807) is 13.2 Å². The third-order valence-electron chi connectivity index (χ3n) is 3.05. The zero-order chi connectivity index (χ0) is 11.9. The highest BCUT2D eigenvalue weighted by atomic mass is 16.5. The van der Waals surface area contributed by atoms with Crippen LogP contribution in [-0.2, 0) is 10.3 Å². The highest BCUT2D eigenvalue weighted by Gasteiger charge is 2.35. The van der Waals surface area contributed by atoms with Crippen molar-refractivity contribution in [3.05, 3.63) is 18.0 Å². The van der Waals surface area contributed by atoms with Gasteiger partial charge in [0.25, 0.3) is 0 Å². The standard InChI is InChI=1S/C11H14N4O2/c1-16-8-3-2-7-9(14-8)15-10(13-7)11(12)4-5-17-6-11/h2-3H,4-6,12H2,1H3,(H,13,14,15). The molecule has 1 aliphatic heterocycles.